The van der Waals surface area contributed by atoms with Gasteiger partial charge in [-0.2, -0.15) is 0 Å². The summed E-state index contributed by atoms with van der Waals surface area (Å²) in [4.78, 5) is 0. The van der Waals surface area contributed by atoms with Gasteiger partial charge in [-0.3, -0.25) is 0 Å². The van der Waals surface area contributed by atoms with Crippen LogP contribution in [0.1, 0.15) is 0 Å². The van der Waals surface area contributed by atoms with Gasteiger partial charge in [0.25, 0.3) is 0 Å². The molecule has 15 heavy (non-hydrogen) atoms. The van der Waals surface area contributed by atoms with Crippen LogP contribution in [-0.2, 0) is 0 Å². The van der Waals surface area contributed by atoms with Crippen LogP contribution in [0, 0.1) is 0 Å². The molecule has 4 nitrogen and oxygen atoms in total. The Morgan fingerprint density at radius 3 is 2.87 bits per heavy atom. The summed E-state index contributed by atoms with van der Waals surface area (Å²) in [6.45, 7) is 0. The summed E-state index contributed by atoms with van der Waals surface area (Å²) in [5.41, 5.74) is 7.23. The molecule has 1 aromatic heterocycles. The van der Waals surface area contributed by atoms with Gasteiger partial charge in [-0.15, -0.1) is 0 Å². The Kier molecular flexibility index (Phi) is 2.64. The number of rotatable bonds is 2. The first-order valence-corrected chi connectivity index (χ1v) is 5.06. The molecule has 0 aliphatic rings. The highest BCUT2D eigenvalue weighted by Crippen LogP contribution is 2.38. The molecule has 2 aromatic rings. The van der Waals surface area contributed by atoms with Crippen molar-refractivity contribution in [3.8, 4) is 16.9 Å². The first-order chi connectivity index (χ1) is 7.24. The van der Waals surface area contributed by atoms with Crippen molar-refractivity contribution in [2.45, 2.75) is 0 Å². The van der Waals surface area contributed by atoms with Crippen LogP contribution in [0.2, 0.25) is 0 Å². The maximum absolute atomic E-state index is 5.66. The lowest BCUT2D eigenvalue weighted by Gasteiger charge is -2.08. The predicted molar refractivity (Wildman–Crippen MR) is 60.6 cm³/mol. The van der Waals surface area contributed by atoms with E-state index in [0.717, 1.165) is 21.3 Å². The molecule has 5 heteroatoms. The number of methoxy groups -OCH3 is 1. The average molecular weight is 269 g/mol. The zero-order valence-corrected chi connectivity index (χ0v) is 9.61. The van der Waals surface area contributed by atoms with Crippen molar-refractivity contribution in [1.82, 2.24) is 5.16 Å². The van der Waals surface area contributed by atoms with E-state index in [1.165, 1.54) is 0 Å². The average Bonchev–Trinajstić information content (AvgIpc) is 2.64. The van der Waals surface area contributed by atoms with Gasteiger partial charge in [0.1, 0.15) is 5.75 Å². The number of nitrogens with zero attached hydrogens (tertiary/aromatic N) is 1. The molecular weight excluding hydrogens is 260 g/mol. The van der Waals surface area contributed by atoms with Gasteiger partial charge in [-0.1, -0.05) is 27.2 Å². The lowest BCUT2D eigenvalue weighted by Crippen LogP contribution is -1.91. The van der Waals surface area contributed by atoms with Gasteiger partial charge >= 0.3 is 0 Å². The molecule has 0 saturated carbocycles. The van der Waals surface area contributed by atoms with Crippen molar-refractivity contribution in [2.75, 3.05) is 12.8 Å². The molecule has 0 aliphatic heterocycles. The second-order valence-corrected chi connectivity index (χ2v) is 3.78. The lowest BCUT2D eigenvalue weighted by molar-refractivity contribution is 0.416. The van der Waals surface area contributed by atoms with E-state index in [2.05, 4.69) is 21.1 Å². The van der Waals surface area contributed by atoms with Crippen molar-refractivity contribution in [3.63, 3.8) is 0 Å². The summed E-state index contributed by atoms with van der Waals surface area (Å²) < 4.78 is 11.0. The first kappa shape index (κ1) is 10.0. The quantitative estimate of drug-likeness (QED) is 0.910. The first-order valence-electron chi connectivity index (χ1n) is 4.27. The van der Waals surface area contributed by atoms with Crippen LogP contribution in [-0.4, -0.2) is 12.3 Å². The third kappa shape index (κ3) is 1.70. The van der Waals surface area contributed by atoms with Gasteiger partial charge in [0, 0.05) is 10.0 Å². The molecule has 0 spiro atoms. The minimum atomic E-state index is 0.278. The van der Waals surface area contributed by atoms with Crippen LogP contribution in [0.5, 0.6) is 5.75 Å². The molecule has 0 atom stereocenters. The number of aromatic nitrogens is 1. The van der Waals surface area contributed by atoms with Crippen molar-refractivity contribution >= 4 is 21.8 Å². The smallest absolute Gasteiger partial charge is 0.230 e. The zero-order valence-electron chi connectivity index (χ0n) is 8.03. The number of nitrogens with two attached hydrogens (primary N) is 1. The highest BCUT2D eigenvalue weighted by atomic mass is 79.9. The van der Waals surface area contributed by atoms with E-state index in [9.17, 15) is 0 Å². The van der Waals surface area contributed by atoms with Gasteiger partial charge in [0.05, 0.1) is 18.9 Å². The van der Waals surface area contributed by atoms with Crippen LogP contribution in [0.15, 0.2) is 33.4 Å². The maximum atomic E-state index is 5.66. The number of benzene rings is 1. The third-order valence-corrected chi connectivity index (χ3v) is 2.72. The fourth-order valence-electron chi connectivity index (χ4n) is 1.37. The Labute approximate surface area is 95.1 Å². The van der Waals surface area contributed by atoms with E-state index in [4.69, 9.17) is 15.0 Å². The Balaban J connectivity index is 2.66. The number of hydrogen-bond donors (Lipinski definition) is 1. The normalized spacial score (nSPS) is 10.3. The summed E-state index contributed by atoms with van der Waals surface area (Å²) in [7, 11) is 1.61. The molecule has 0 radical (unpaired) electrons. The second kappa shape index (κ2) is 3.94. The van der Waals surface area contributed by atoms with E-state index in [0.29, 0.717) is 0 Å². The molecule has 0 fully saturated rings. The number of hydrogen-bond acceptors (Lipinski definition) is 4. The standard InChI is InChI=1S/C10H9BrN2O2/c1-14-8-4-2-3-7(11)9(8)6-5-13-15-10(6)12/h2-5H,12H2,1H3. The molecule has 78 valence electrons. The maximum Gasteiger partial charge on any atom is 0.230 e. The van der Waals surface area contributed by atoms with E-state index >= 15 is 0 Å². The van der Waals surface area contributed by atoms with Crippen LogP contribution >= 0.6 is 15.9 Å². The number of halogens is 1. The van der Waals surface area contributed by atoms with Gasteiger partial charge < -0.3 is 15.0 Å². The van der Waals surface area contributed by atoms with E-state index in [-0.39, 0.29) is 5.88 Å². The zero-order chi connectivity index (χ0) is 10.8. The Morgan fingerprint density at radius 1 is 1.47 bits per heavy atom. The van der Waals surface area contributed by atoms with Gasteiger partial charge in [0.2, 0.25) is 5.88 Å². The number of nitrogen functional groups attached to an aromatic ring is 1. The largest absolute Gasteiger partial charge is 0.496 e. The minimum Gasteiger partial charge on any atom is -0.496 e. The molecule has 1 heterocycles. The van der Waals surface area contributed by atoms with Crippen LogP contribution in [0.4, 0.5) is 5.88 Å². The van der Waals surface area contributed by atoms with Gasteiger partial charge in [-0.25, -0.2) is 0 Å². The lowest BCUT2D eigenvalue weighted by atomic mass is 10.1. The second-order valence-electron chi connectivity index (χ2n) is 2.92. The van der Waals surface area contributed by atoms with Crippen LogP contribution < -0.4 is 10.5 Å². The Hall–Kier alpha value is -1.49. The van der Waals surface area contributed by atoms with E-state index in [1.54, 1.807) is 13.3 Å². The SMILES string of the molecule is COc1cccc(Br)c1-c1cnoc1N. The topological polar surface area (TPSA) is 61.3 Å². The van der Waals surface area contributed by atoms with E-state index < -0.39 is 0 Å². The predicted octanol–water partition coefficient (Wildman–Crippen LogP) is 2.69. The highest BCUT2D eigenvalue weighted by molar-refractivity contribution is 9.10. The monoisotopic (exact) mass is 268 g/mol. The molecule has 1 aromatic carbocycles. The van der Waals surface area contributed by atoms with Crippen molar-refractivity contribution in [1.29, 1.82) is 0 Å². The summed E-state index contributed by atoms with van der Waals surface area (Å²) in [5, 5.41) is 3.64. The van der Waals surface area contributed by atoms with Crippen molar-refractivity contribution < 1.29 is 9.26 Å². The van der Waals surface area contributed by atoms with Gasteiger partial charge in [0.15, 0.2) is 0 Å². The fourth-order valence-corrected chi connectivity index (χ4v) is 1.93. The van der Waals surface area contributed by atoms with Crippen LogP contribution in [0.25, 0.3) is 11.1 Å². The highest BCUT2D eigenvalue weighted by Gasteiger charge is 2.15. The number of ether oxygens (including phenoxy) is 1. The molecule has 2 N–H and O–H groups in total. The Bertz CT molecular complexity index is 482. The third-order valence-electron chi connectivity index (χ3n) is 2.06. The van der Waals surface area contributed by atoms with Crippen molar-refractivity contribution in [2.24, 2.45) is 0 Å². The van der Waals surface area contributed by atoms with Crippen molar-refractivity contribution in [3.05, 3.63) is 28.9 Å². The molecule has 0 bridgehead atoms. The summed E-state index contributed by atoms with van der Waals surface area (Å²) >= 11 is 3.44. The van der Waals surface area contributed by atoms with Crippen LogP contribution in [0.3, 0.4) is 0 Å². The minimum absolute atomic E-state index is 0.278. The summed E-state index contributed by atoms with van der Waals surface area (Å²) in [6.07, 6.45) is 1.57. The molecule has 2 rings (SSSR count). The molecule has 0 unspecified atom stereocenters. The summed E-state index contributed by atoms with van der Waals surface area (Å²) in [6, 6.07) is 5.65. The van der Waals surface area contributed by atoms with E-state index in [1.807, 2.05) is 18.2 Å². The molecule has 0 aliphatic carbocycles. The fraction of sp³-hybridized carbons (Fsp3) is 0.100. The molecule has 0 amide bonds. The Morgan fingerprint density at radius 2 is 2.27 bits per heavy atom. The summed E-state index contributed by atoms with van der Waals surface area (Å²) in [5.74, 6) is 1.000. The molecule has 0 saturated heterocycles. The number of anilines is 1. The van der Waals surface area contributed by atoms with Gasteiger partial charge in [-0.05, 0) is 12.1 Å². The molecular formula is C10H9BrN2O2.